The second-order valence-corrected chi connectivity index (χ2v) is 11.2. The number of carbonyl (C=O) groups excluding carboxylic acids is 3. The van der Waals surface area contributed by atoms with E-state index < -0.39 is 18.1 Å². The Hall–Kier alpha value is -2.69. The maximum atomic E-state index is 13.7. The third-order valence-electron chi connectivity index (χ3n) is 8.56. The molecular formula is C31H53N5O5. The molecule has 6 atom stereocenters. The number of methoxy groups -OCH3 is 2. The van der Waals surface area contributed by atoms with Crippen LogP contribution in [0.2, 0.25) is 0 Å². The highest BCUT2D eigenvalue weighted by Gasteiger charge is 2.41. The van der Waals surface area contributed by atoms with Gasteiger partial charge in [-0.25, -0.2) is 0 Å². The predicted octanol–water partition coefficient (Wildman–Crippen LogP) is 2.53. The fourth-order valence-corrected chi connectivity index (χ4v) is 5.97. The van der Waals surface area contributed by atoms with Gasteiger partial charge in [-0.1, -0.05) is 39.3 Å². The summed E-state index contributed by atoms with van der Waals surface area (Å²) >= 11 is 0. The van der Waals surface area contributed by atoms with E-state index in [4.69, 9.17) is 9.47 Å². The molecule has 232 valence electrons. The number of benzene rings is 1. The molecule has 2 rings (SSSR count). The maximum absolute atomic E-state index is 13.7. The van der Waals surface area contributed by atoms with Crippen LogP contribution in [0.25, 0.3) is 0 Å². The highest BCUT2D eigenvalue weighted by molar-refractivity contribution is 5.81. The molecule has 0 bridgehead atoms. The Balaban J connectivity index is 2.08. The van der Waals surface area contributed by atoms with E-state index in [0.717, 1.165) is 36.9 Å². The number of anilines is 1. The van der Waals surface area contributed by atoms with Gasteiger partial charge in [0.1, 0.15) is 0 Å². The number of amides is 3. The van der Waals surface area contributed by atoms with Crippen molar-refractivity contribution in [1.29, 1.82) is 0 Å². The van der Waals surface area contributed by atoms with Crippen molar-refractivity contribution in [1.82, 2.24) is 20.4 Å². The molecule has 1 aromatic carbocycles. The Morgan fingerprint density at radius 2 is 1.88 bits per heavy atom. The first-order valence-electron chi connectivity index (χ1n) is 14.9. The molecule has 0 aliphatic carbocycles. The van der Waals surface area contributed by atoms with E-state index in [9.17, 15) is 14.4 Å². The molecule has 1 heterocycles. The van der Waals surface area contributed by atoms with Crippen LogP contribution in [0.4, 0.5) is 5.69 Å². The lowest BCUT2D eigenvalue weighted by molar-refractivity contribution is -0.145. The smallest absolute Gasteiger partial charge is 0.236 e. The summed E-state index contributed by atoms with van der Waals surface area (Å²) in [6, 6.07) is 7.67. The van der Waals surface area contributed by atoms with Crippen LogP contribution in [-0.4, -0.2) is 107 Å². The van der Waals surface area contributed by atoms with E-state index in [1.54, 1.807) is 33.2 Å². The number of nitrogens with zero attached hydrogens (tertiary/aromatic N) is 2. The average molecular weight is 576 g/mol. The van der Waals surface area contributed by atoms with Crippen LogP contribution >= 0.6 is 0 Å². The van der Waals surface area contributed by atoms with Crippen LogP contribution in [0.1, 0.15) is 52.0 Å². The van der Waals surface area contributed by atoms with Crippen LogP contribution in [0.3, 0.4) is 0 Å². The van der Waals surface area contributed by atoms with Crippen LogP contribution in [0.5, 0.6) is 0 Å². The summed E-state index contributed by atoms with van der Waals surface area (Å²) in [5.74, 6) is -0.457. The van der Waals surface area contributed by atoms with Gasteiger partial charge >= 0.3 is 0 Å². The summed E-state index contributed by atoms with van der Waals surface area (Å²) in [4.78, 5) is 43.2. The minimum Gasteiger partial charge on any atom is -0.388 e. The molecule has 0 aromatic heterocycles. The van der Waals surface area contributed by atoms with Gasteiger partial charge in [-0.05, 0) is 49.9 Å². The van der Waals surface area contributed by atoms with Crippen molar-refractivity contribution in [3.63, 3.8) is 0 Å². The Kier molecular flexibility index (Phi) is 14.6. The molecule has 3 N–H and O–H groups in total. The van der Waals surface area contributed by atoms with Gasteiger partial charge in [-0.15, -0.1) is 0 Å². The number of rotatable bonds is 17. The van der Waals surface area contributed by atoms with Crippen LogP contribution in [-0.2, 0) is 30.3 Å². The van der Waals surface area contributed by atoms with E-state index in [1.807, 2.05) is 37.1 Å². The topological polar surface area (TPSA) is 112 Å². The van der Waals surface area contributed by atoms with Gasteiger partial charge in [0.05, 0.1) is 43.2 Å². The fourth-order valence-electron chi connectivity index (χ4n) is 5.97. The zero-order valence-electron chi connectivity index (χ0n) is 26.4. The van der Waals surface area contributed by atoms with Crippen LogP contribution in [0, 0.1) is 11.8 Å². The summed E-state index contributed by atoms with van der Waals surface area (Å²) in [5, 5.41) is 9.10. The predicted molar refractivity (Wildman–Crippen MR) is 163 cm³/mol. The van der Waals surface area contributed by atoms with Crippen molar-refractivity contribution in [3.05, 3.63) is 29.8 Å². The lowest BCUT2D eigenvalue weighted by atomic mass is 9.90. The molecule has 1 saturated heterocycles. The second-order valence-electron chi connectivity index (χ2n) is 11.2. The van der Waals surface area contributed by atoms with Gasteiger partial charge in [0.15, 0.2) is 0 Å². The molecule has 1 aliphatic heterocycles. The minimum atomic E-state index is -0.451. The quantitative estimate of drug-likeness (QED) is 0.262. The largest absolute Gasteiger partial charge is 0.388 e. The van der Waals surface area contributed by atoms with E-state index in [-0.39, 0.29) is 48.7 Å². The van der Waals surface area contributed by atoms with Gasteiger partial charge in [-0.3, -0.25) is 14.4 Å². The first kappa shape index (κ1) is 34.5. The monoisotopic (exact) mass is 575 g/mol. The lowest BCUT2D eigenvalue weighted by Gasteiger charge is -2.39. The number of hydrogen-bond donors (Lipinski definition) is 3. The molecule has 0 spiro atoms. The van der Waals surface area contributed by atoms with Gasteiger partial charge in [-0.2, -0.15) is 0 Å². The Morgan fingerprint density at radius 3 is 2.49 bits per heavy atom. The highest BCUT2D eigenvalue weighted by Crippen LogP contribution is 2.29. The summed E-state index contributed by atoms with van der Waals surface area (Å²) in [7, 11) is 8.62. The summed E-state index contributed by atoms with van der Waals surface area (Å²) in [6.07, 6.45) is 2.46. The van der Waals surface area contributed by atoms with Gasteiger partial charge in [0.25, 0.3) is 0 Å². The SMILES string of the molecule is CCC(C)C(C(CC(=O)N1CCCC1C(OC)C(C)C(=O)NCCc1cccc(NC)c1)OC)N(C)C(=O)CNC. The standard InChI is InChI=1S/C31H53N5O5/c1-9-21(2)29(35(6)28(38)20-32-4)26(40-7)19-27(37)36-17-11-14-25(36)30(41-8)22(3)31(39)34-16-15-23-12-10-13-24(18-23)33-5/h10,12-13,18,21-22,25-26,29-30,32-33H,9,11,14-17,19-20H2,1-8H3,(H,34,39). The highest BCUT2D eigenvalue weighted by atomic mass is 16.5. The Bertz CT molecular complexity index is 976. The molecule has 3 amide bonds. The van der Waals surface area contributed by atoms with Gasteiger partial charge < -0.3 is 35.2 Å². The van der Waals surface area contributed by atoms with E-state index >= 15 is 0 Å². The van der Waals surface area contributed by atoms with Gasteiger partial charge in [0.2, 0.25) is 17.7 Å². The minimum absolute atomic E-state index is 0.0406. The Morgan fingerprint density at radius 1 is 1.15 bits per heavy atom. The molecule has 10 heteroatoms. The van der Waals surface area contributed by atoms with E-state index in [1.165, 1.54) is 0 Å². The van der Waals surface area contributed by atoms with E-state index in [0.29, 0.717) is 13.1 Å². The number of nitrogens with one attached hydrogen (secondary N) is 3. The molecule has 1 aromatic rings. The first-order valence-corrected chi connectivity index (χ1v) is 14.9. The van der Waals surface area contributed by atoms with Crippen molar-refractivity contribution >= 4 is 23.4 Å². The summed E-state index contributed by atoms with van der Waals surface area (Å²) in [6.45, 7) is 7.38. The van der Waals surface area contributed by atoms with Gasteiger partial charge in [0, 0.05) is 47.1 Å². The van der Waals surface area contributed by atoms with Crippen molar-refractivity contribution in [2.24, 2.45) is 11.8 Å². The van der Waals surface area contributed by atoms with Crippen molar-refractivity contribution in [3.8, 4) is 0 Å². The average Bonchev–Trinajstić information content (AvgIpc) is 3.46. The second kappa shape index (κ2) is 17.3. The number of carbonyl (C=O) groups is 3. The summed E-state index contributed by atoms with van der Waals surface area (Å²) < 4.78 is 11.7. The third kappa shape index (κ3) is 9.41. The third-order valence-corrected chi connectivity index (χ3v) is 8.56. The van der Waals surface area contributed by atoms with E-state index in [2.05, 4.69) is 35.9 Å². The molecule has 0 saturated carbocycles. The van der Waals surface area contributed by atoms with Crippen molar-refractivity contribution < 1.29 is 23.9 Å². The molecular weight excluding hydrogens is 522 g/mol. The summed E-state index contributed by atoms with van der Waals surface area (Å²) in [5.41, 5.74) is 2.18. The van der Waals surface area contributed by atoms with Crippen LogP contribution < -0.4 is 16.0 Å². The lowest BCUT2D eigenvalue weighted by Crippen LogP contribution is -2.54. The molecule has 10 nitrogen and oxygen atoms in total. The first-order chi connectivity index (χ1) is 19.6. The number of hydrogen-bond acceptors (Lipinski definition) is 7. The molecule has 6 unspecified atom stereocenters. The molecule has 41 heavy (non-hydrogen) atoms. The van der Waals surface area contributed by atoms with Crippen LogP contribution in [0.15, 0.2) is 24.3 Å². The molecule has 1 aliphatic rings. The molecule has 1 fully saturated rings. The Labute approximate surface area is 246 Å². The maximum Gasteiger partial charge on any atom is 0.236 e. The van der Waals surface area contributed by atoms with Crippen molar-refractivity contribution in [2.75, 3.05) is 60.3 Å². The molecule has 0 radical (unpaired) electrons. The number of ether oxygens (including phenoxy) is 2. The van der Waals surface area contributed by atoms with Crippen molar-refractivity contribution in [2.45, 2.75) is 77.2 Å². The normalized spacial score (nSPS) is 18.7. The zero-order chi connectivity index (χ0) is 30.5. The number of likely N-dealkylation sites (tertiary alicyclic amines) is 1. The zero-order valence-corrected chi connectivity index (χ0v) is 26.4. The fraction of sp³-hybridized carbons (Fsp3) is 0.710. The number of likely N-dealkylation sites (N-methyl/N-ethyl adjacent to an activating group) is 2.